The lowest BCUT2D eigenvalue weighted by Crippen LogP contribution is -2.02. The summed E-state index contributed by atoms with van der Waals surface area (Å²) in [5.74, 6) is -0.904. The molecule has 1 rings (SSSR count). The maximum absolute atomic E-state index is 13.0. The van der Waals surface area contributed by atoms with Crippen LogP contribution in [0.25, 0.3) is 0 Å². The SMILES string of the molecule is Cc1cc(SC(F)(F)F)c([N+](=O)[O-])cc1F. The molecule has 0 spiro atoms. The number of rotatable bonds is 2. The molecule has 88 valence electrons. The van der Waals surface area contributed by atoms with Gasteiger partial charge in [0.05, 0.1) is 15.9 Å². The van der Waals surface area contributed by atoms with Crippen molar-refractivity contribution in [3.63, 3.8) is 0 Å². The Kier molecular flexibility index (Phi) is 3.41. The van der Waals surface area contributed by atoms with Crippen molar-refractivity contribution in [3.05, 3.63) is 33.6 Å². The Hall–Kier alpha value is -1.31. The van der Waals surface area contributed by atoms with E-state index in [9.17, 15) is 27.7 Å². The molecule has 0 N–H and O–H groups in total. The summed E-state index contributed by atoms with van der Waals surface area (Å²) in [5.41, 5.74) is -5.60. The van der Waals surface area contributed by atoms with E-state index in [0.29, 0.717) is 6.07 Å². The maximum Gasteiger partial charge on any atom is 0.446 e. The predicted molar refractivity (Wildman–Crippen MR) is 49.7 cm³/mol. The zero-order valence-corrected chi connectivity index (χ0v) is 8.66. The quantitative estimate of drug-likeness (QED) is 0.350. The first-order valence-electron chi connectivity index (χ1n) is 3.91. The molecule has 0 aliphatic heterocycles. The lowest BCUT2D eigenvalue weighted by atomic mass is 10.2. The van der Waals surface area contributed by atoms with Crippen molar-refractivity contribution in [1.29, 1.82) is 0 Å². The molecule has 0 aliphatic rings. The second-order valence-corrected chi connectivity index (χ2v) is 3.98. The van der Waals surface area contributed by atoms with Crippen LogP contribution in [0.3, 0.4) is 0 Å². The van der Waals surface area contributed by atoms with Gasteiger partial charge in [0.1, 0.15) is 5.82 Å². The molecule has 0 saturated heterocycles. The minimum Gasteiger partial charge on any atom is -0.258 e. The number of benzene rings is 1. The van der Waals surface area contributed by atoms with E-state index in [-0.39, 0.29) is 5.56 Å². The Morgan fingerprint density at radius 1 is 1.38 bits per heavy atom. The van der Waals surface area contributed by atoms with Crippen LogP contribution in [0.2, 0.25) is 0 Å². The van der Waals surface area contributed by atoms with Gasteiger partial charge in [-0.05, 0) is 30.3 Å². The highest BCUT2D eigenvalue weighted by atomic mass is 32.2. The Labute approximate surface area is 91.6 Å². The molecule has 0 bridgehead atoms. The molecule has 3 nitrogen and oxygen atoms in total. The number of hydrogen-bond donors (Lipinski definition) is 0. The lowest BCUT2D eigenvalue weighted by Gasteiger charge is -2.07. The largest absolute Gasteiger partial charge is 0.446 e. The molecular weight excluding hydrogens is 250 g/mol. The van der Waals surface area contributed by atoms with Crippen molar-refractivity contribution in [2.75, 3.05) is 0 Å². The van der Waals surface area contributed by atoms with Gasteiger partial charge < -0.3 is 0 Å². The van der Waals surface area contributed by atoms with Gasteiger partial charge in [0.25, 0.3) is 5.69 Å². The van der Waals surface area contributed by atoms with Gasteiger partial charge in [-0.25, -0.2) is 4.39 Å². The lowest BCUT2D eigenvalue weighted by molar-refractivity contribution is -0.388. The topological polar surface area (TPSA) is 43.1 Å². The average Bonchev–Trinajstić information content (AvgIpc) is 2.07. The Bertz CT molecular complexity index is 433. The van der Waals surface area contributed by atoms with Crippen LogP contribution in [-0.4, -0.2) is 10.4 Å². The first kappa shape index (κ1) is 12.8. The molecule has 0 aliphatic carbocycles. The number of aryl methyl sites for hydroxylation is 1. The maximum atomic E-state index is 13.0. The summed E-state index contributed by atoms with van der Waals surface area (Å²) in [7, 11) is 0. The van der Waals surface area contributed by atoms with E-state index in [1.807, 2.05) is 0 Å². The van der Waals surface area contributed by atoms with Gasteiger partial charge in [-0.1, -0.05) is 0 Å². The van der Waals surface area contributed by atoms with Crippen LogP contribution < -0.4 is 0 Å². The summed E-state index contributed by atoms with van der Waals surface area (Å²) < 4.78 is 49.1. The van der Waals surface area contributed by atoms with Crippen LogP contribution in [-0.2, 0) is 0 Å². The molecule has 0 heterocycles. The summed E-state index contributed by atoms with van der Waals surface area (Å²) in [4.78, 5) is 8.77. The third-order valence-corrected chi connectivity index (χ3v) is 2.44. The second kappa shape index (κ2) is 4.28. The fraction of sp³-hybridized carbons (Fsp3) is 0.250. The van der Waals surface area contributed by atoms with Crippen LogP contribution in [0.5, 0.6) is 0 Å². The molecular formula is C8H5F4NO2S. The van der Waals surface area contributed by atoms with Gasteiger partial charge in [0, 0.05) is 0 Å². The predicted octanol–water partition coefficient (Wildman–Crippen LogP) is 3.65. The fourth-order valence-corrected chi connectivity index (χ4v) is 1.72. The van der Waals surface area contributed by atoms with Crippen molar-refractivity contribution in [2.45, 2.75) is 17.3 Å². The summed E-state index contributed by atoms with van der Waals surface area (Å²) in [6, 6.07) is 1.30. The summed E-state index contributed by atoms with van der Waals surface area (Å²) >= 11 is -0.630. The summed E-state index contributed by atoms with van der Waals surface area (Å²) in [6.45, 7) is 1.24. The smallest absolute Gasteiger partial charge is 0.258 e. The number of nitro groups is 1. The van der Waals surface area contributed by atoms with Crippen molar-refractivity contribution < 1.29 is 22.5 Å². The Morgan fingerprint density at radius 3 is 2.38 bits per heavy atom. The van der Waals surface area contributed by atoms with Gasteiger partial charge in [0.2, 0.25) is 0 Å². The highest BCUT2D eigenvalue weighted by Crippen LogP contribution is 2.41. The molecule has 0 fully saturated rings. The van der Waals surface area contributed by atoms with Crippen molar-refractivity contribution >= 4 is 17.4 Å². The molecule has 0 amide bonds. The third-order valence-electron chi connectivity index (χ3n) is 1.66. The van der Waals surface area contributed by atoms with Gasteiger partial charge in [-0.15, -0.1) is 0 Å². The Morgan fingerprint density at radius 2 is 1.94 bits per heavy atom. The van der Waals surface area contributed by atoms with E-state index >= 15 is 0 Å². The average molecular weight is 255 g/mol. The number of nitro benzene ring substituents is 1. The molecule has 0 saturated carbocycles. The first-order chi connectivity index (χ1) is 7.20. The minimum absolute atomic E-state index is 0.0719. The van der Waals surface area contributed by atoms with E-state index in [1.54, 1.807) is 0 Å². The van der Waals surface area contributed by atoms with Gasteiger partial charge in [-0.3, -0.25) is 10.1 Å². The first-order valence-corrected chi connectivity index (χ1v) is 4.72. The monoisotopic (exact) mass is 255 g/mol. The van der Waals surface area contributed by atoms with E-state index in [4.69, 9.17) is 0 Å². The van der Waals surface area contributed by atoms with Crippen molar-refractivity contribution in [3.8, 4) is 0 Å². The molecule has 0 radical (unpaired) electrons. The van der Waals surface area contributed by atoms with E-state index < -0.39 is 38.6 Å². The van der Waals surface area contributed by atoms with Crippen molar-refractivity contribution in [1.82, 2.24) is 0 Å². The summed E-state index contributed by atoms with van der Waals surface area (Å²) in [5, 5.41) is 10.4. The second-order valence-electron chi connectivity index (χ2n) is 2.87. The van der Waals surface area contributed by atoms with E-state index in [1.165, 1.54) is 6.92 Å². The normalized spacial score (nSPS) is 11.6. The van der Waals surface area contributed by atoms with Crippen LogP contribution in [0, 0.1) is 22.9 Å². The number of nitrogens with zero attached hydrogens (tertiary/aromatic N) is 1. The van der Waals surface area contributed by atoms with Gasteiger partial charge in [-0.2, -0.15) is 13.2 Å². The molecule has 16 heavy (non-hydrogen) atoms. The standard InChI is InChI=1S/C8H5F4NO2S/c1-4-2-7(16-8(10,11)12)6(13(14)15)3-5(4)9/h2-3H,1H3. The summed E-state index contributed by atoms with van der Waals surface area (Å²) in [6.07, 6.45) is 0. The molecule has 0 unspecified atom stereocenters. The van der Waals surface area contributed by atoms with Gasteiger partial charge >= 0.3 is 5.51 Å². The molecule has 1 aromatic rings. The van der Waals surface area contributed by atoms with Crippen LogP contribution in [0.4, 0.5) is 23.2 Å². The zero-order chi connectivity index (χ0) is 12.5. The molecule has 0 aromatic heterocycles. The number of thioether (sulfide) groups is 1. The molecule has 1 aromatic carbocycles. The van der Waals surface area contributed by atoms with Crippen LogP contribution in [0.1, 0.15) is 5.56 Å². The number of halogens is 4. The number of alkyl halides is 3. The van der Waals surface area contributed by atoms with Gasteiger partial charge in [0.15, 0.2) is 0 Å². The molecule has 0 atom stereocenters. The fourth-order valence-electron chi connectivity index (χ4n) is 0.994. The minimum atomic E-state index is -4.64. The Balaban J connectivity index is 3.25. The highest BCUT2D eigenvalue weighted by molar-refractivity contribution is 8.00. The number of hydrogen-bond acceptors (Lipinski definition) is 3. The third kappa shape index (κ3) is 3.09. The van der Waals surface area contributed by atoms with E-state index in [2.05, 4.69) is 0 Å². The zero-order valence-electron chi connectivity index (χ0n) is 7.84. The van der Waals surface area contributed by atoms with Crippen molar-refractivity contribution in [2.24, 2.45) is 0 Å². The molecule has 8 heteroatoms. The highest BCUT2D eigenvalue weighted by Gasteiger charge is 2.33. The van der Waals surface area contributed by atoms with Crippen LogP contribution >= 0.6 is 11.8 Å². The van der Waals surface area contributed by atoms with E-state index in [0.717, 1.165) is 6.07 Å². The van der Waals surface area contributed by atoms with Crippen LogP contribution in [0.15, 0.2) is 17.0 Å².